The van der Waals surface area contributed by atoms with Crippen molar-refractivity contribution in [1.82, 2.24) is 10.4 Å². The molecule has 164 valence electrons. The normalized spacial score (nSPS) is 16.2. The molecule has 0 bridgehead atoms. The highest BCUT2D eigenvalue weighted by atomic mass is 19.4. The summed E-state index contributed by atoms with van der Waals surface area (Å²) in [6.07, 6.45) is 4.06. The first-order chi connectivity index (χ1) is 14.4. The molecule has 0 aliphatic carbocycles. The van der Waals surface area contributed by atoms with Crippen LogP contribution in [0.1, 0.15) is 75.5 Å². The molecule has 1 aliphatic rings. The van der Waals surface area contributed by atoms with Gasteiger partial charge >= 0.3 is 6.18 Å². The van der Waals surface area contributed by atoms with E-state index < -0.39 is 12.2 Å². The summed E-state index contributed by atoms with van der Waals surface area (Å²) in [4.78, 5) is 11.6. The number of unbranched alkanes of at least 4 members (excludes halogenated alkanes) is 6. The van der Waals surface area contributed by atoms with Crippen molar-refractivity contribution in [1.29, 1.82) is 0 Å². The maximum Gasteiger partial charge on any atom is 0.409 e. The van der Waals surface area contributed by atoms with E-state index >= 15 is 0 Å². The minimum atomic E-state index is -4.48. The van der Waals surface area contributed by atoms with Crippen LogP contribution < -0.4 is 5.43 Å². The van der Waals surface area contributed by atoms with Crippen LogP contribution in [-0.2, 0) is 11.2 Å². The molecule has 1 fully saturated rings. The summed E-state index contributed by atoms with van der Waals surface area (Å²) in [5.41, 5.74) is 3.42. The van der Waals surface area contributed by atoms with Crippen molar-refractivity contribution in [2.45, 2.75) is 76.9 Å². The van der Waals surface area contributed by atoms with Crippen molar-refractivity contribution >= 4 is 16.7 Å². The van der Waals surface area contributed by atoms with Crippen LogP contribution in [0.2, 0.25) is 0 Å². The Bertz CT molecular complexity index is 850. The molecule has 1 N–H and O–H groups in total. The number of carbonyl (C=O) groups is 1. The molecule has 1 amide bonds. The number of benzene rings is 2. The van der Waals surface area contributed by atoms with Gasteiger partial charge in [0, 0.05) is 13.0 Å². The summed E-state index contributed by atoms with van der Waals surface area (Å²) in [5.74, 6) is -0.362. The van der Waals surface area contributed by atoms with Gasteiger partial charge in [0.25, 0.3) is 0 Å². The molecule has 0 spiro atoms. The molecular weight excluding hydrogens is 389 g/mol. The van der Waals surface area contributed by atoms with E-state index in [1.165, 1.54) is 25.7 Å². The lowest BCUT2D eigenvalue weighted by atomic mass is 9.90. The molecule has 1 heterocycles. The molecule has 1 aliphatic heterocycles. The summed E-state index contributed by atoms with van der Waals surface area (Å²) in [5, 5.41) is 2.88. The number of nitrogens with zero attached hydrogens (tertiary/aromatic N) is 1. The molecule has 3 rings (SSSR count). The third-order valence-electron chi connectivity index (χ3n) is 5.87. The SMILES string of the molecule is CCCCCCCCCc1c([C@H](N2CCC(=O)N2)C(F)(F)F)ccc2ccccc12. The first kappa shape index (κ1) is 22.6. The zero-order chi connectivity index (χ0) is 21.6. The Labute approximate surface area is 176 Å². The molecule has 2 aromatic rings. The third-order valence-corrected chi connectivity index (χ3v) is 5.87. The fourth-order valence-electron chi connectivity index (χ4n) is 4.36. The van der Waals surface area contributed by atoms with Gasteiger partial charge in [0.15, 0.2) is 0 Å². The molecular formula is C24H31F3N2O. The summed E-state index contributed by atoms with van der Waals surface area (Å²) in [7, 11) is 0. The second-order valence-electron chi connectivity index (χ2n) is 8.15. The van der Waals surface area contributed by atoms with Crippen molar-refractivity contribution in [3.05, 3.63) is 47.5 Å². The predicted molar refractivity (Wildman–Crippen MR) is 114 cm³/mol. The molecule has 0 aromatic heterocycles. The Morgan fingerprint density at radius 2 is 1.70 bits per heavy atom. The molecule has 0 radical (unpaired) electrons. The lowest BCUT2D eigenvalue weighted by Gasteiger charge is -2.31. The van der Waals surface area contributed by atoms with Gasteiger partial charge in [0.05, 0.1) is 0 Å². The molecule has 6 heteroatoms. The van der Waals surface area contributed by atoms with Crippen molar-refractivity contribution in [2.24, 2.45) is 0 Å². The van der Waals surface area contributed by atoms with Crippen LogP contribution in [0.25, 0.3) is 10.8 Å². The van der Waals surface area contributed by atoms with E-state index in [2.05, 4.69) is 12.3 Å². The number of hydrogen-bond donors (Lipinski definition) is 1. The van der Waals surface area contributed by atoms with E-state index in [1.54, 1.807) is 12.1 Å². The number of hydrazine groups is 1. The van der Waals surface area contributed by atoms with Crippen molar-refractivity contribution < 1.29 is 18.0 Å². The third kappa shape index (κ3) is 5.54. The number of hydrogen-bond acceptors (Lipinski definition) is 2. The maximum absolute atomic E-state index is 14.1. The van der Waals surface area contributed by atoms with Crippen LogP contribution in [0.4, 0.5) is 13.2 Å². The number of nitrogens with one attached hydrogen (secondary N) is 1. The minimum Gasteiger partial charge on any atom is -0.288 e. The fourth-order valence-corrected chi connectivity index (χ4v) is 4.36. The molecule has 1 saturated heterocycles. The van der Waals surface area contributed by atoms with Gasteiger partial charge in [-0.15, -0.1) is 0 Å². The Hall–Kier alpha value is -2.08. The van der Waals surface area contributed by atoms with E-state index in [-0.39, 0.29) is 24.4 Å². The van der Waals surface area contributed by atoms with E-state index in [1.807, 2.05) is 24.3 Å². The highest BCUT2D eigenvalue weighted by molar-refractivity contribution is 5.87. The zero-order valence-corrected chi connectivity index (χ0v) is 17.6. The summed E-state index contributed by atoms with van der Waals surface area (Å²) in [6, 6.07) is 9.16. The molecule has 0 saturated carbocycles. The fraction of sp³-hybridized carbons (Fsp3) is 0.542. The van der Waals surface area contributed by atoms with Gasteiger partial charge in [-0.3, -0.25) is 10.2 Å². The van der Waals surface area contributed by atoms with Gasteiger partial charge in [-0.05, 0) is 34.7 Å². The van der Waals surface area contributed by atoms with Crippen LogP contribution in [0, 0.1) is 0 Å². The summed E-state index contributed by atoms with van der Waals surface area (Å²) >= 11 is 0. The largest absolute Gasteiger partial charge is 0.409 e. The zero-order valence-electron chi connectivity index (χ0n) is 17.6. The van der Waals surface area contributed by atoms with E-state index in [0.29, 0.717) is 6.42 Å². The maximum atomic E-state index is 14.1. The lowest BCUT2D eigenvalue weighted by Crippen LogP contribution is -2.44. The molecule has 30 heavy (non-hydrogen) atoms. The first-order valence-electron chi connectivity index (χ1n) is 11.0. The summed E-state index contributed by atoms with van der Waals surface area (Å²) < 4.78 is 42.4. The van der Waals surface area contributed by atoms with Gasteiger partial charge < -0.3 is 0 Å². The average Bonchev–Trinajstić information content (AvgIpc) is 3.12. The van der Waals surface area contributed by atoms with Gasteiger partial charge in [0.1, 0.15) is 6.04 Å². The van der Waals surface area contributed by atoms with Crippen LogP contribution in [0.3, 0.4) is 0 Å². The summed E-state index contributed by atoms with van der Waals surface area (Å²) in [6.45, 7) is 2.24. The number of halogens is 3. The molecule has 2 aromatic carbocycles. The number of fused-ring (bicyclic) bond motifs is 1. The van der Waals surface area contributed by atoms with E-state index in [4.69, 9.17) is 0 Å². The Morgan fingerprint density at radius 1 is 1.00 bits per heavy atom. The molecule has 3 nitrogen and oxygen atoms in total. The topological polar surface area (TPSA) is 32.3 Å². The van der Waals surface area contributed by atoms with Gasteiger partial charge in [-0.25, -0.2) is 5.01 Å². The first-order valence-corrected chi connectivity index (χ1v) is 11.0. The number of amides is 1. The van der Waals surface area contributed by atoms with Crippen LogP contribution in [0.5, 0.6) is 0 Å². The van der Waals surface area contributed by atoms with Crippen LogP contribution >= 0.6 is 0 Å². The number of carbonyl (C=O) groups excluding carboxylic acids is 1. The molecule has 0 unspecified atom stereocenters. The average molecular weight is 421 g/mol. The second-order valence-corrected chi connectivity index (χ2v) is 8.15. The quantitative estimate of drug-likeness (QED) is 0.447. The smallest absolute Gasteiger partial charge is 0.288 e. The second kappa shape index (κ2) is 10.3. The van der Waals surface area contributed by atoms with Crippen molar-refractivity contribution in [2.75, 3.05) is 6.54 Å². The van der Waals surface area contributed by atoms with E-state index in [0.717, 1.165) is 40.6 Å². The van der Waals surface area contributed by atoms with Crippen LogP contribution in [0.15, 0.2) is 36.4 Å². The Kier molecular flexibility index (Phi) is 7.75. The lowest BCUT2D eigenvalue weighted by molar-refractivity contribution is -0.191. The van der Waals surface area contributed by atoms with E-state index in [9.17, 15) is 18.0 Å². The number of alkyl halides is 3. The van der Waals surface area contributed by atoms with Crippen LogP contribution in [-0.4, -0.2) is 23.6 Å². The number of rotatable bonds is 10. The predicted octanol–water partition coefficient (Wildman–Crippen LogP) is 6.47. The standard InChI is InChI=1S/C24H31F3N2O/c1-2-3-4-5-6-7-8-13-20-19-12-10-9-11-18(19)14-15-21(20)23(24(25,26)27)29-17-16-22(30)28-29/h9-12,14-15,23H,2-8,13,16-17H2,1H3,(H,28,30)/t23-/m0/s1. The van der Waals surface area contributed by atoms with Crippen molar-refractivity contribution in [3.8, 4) is 0 Å². The monoisotopic (exact) mass is 420 g/mol. The van der Waals surface area contributed by atoms with Gasteiger partial charge in [-0.1, -0.05) is 81.8 Å². The van der Waals surface area contributed by atoms with Gasteiger partial charge in [0.2, 0.25) is 5.91 Å². The molecule has 1 atom stereocenters. The Morgan fingerprint density at radius 3 is 2.37 bits per heavy atom. The van der Waals surface area contributed by atoms with Gasteiger partial charge in [-0.2, -0.15) is 13.2 Å². The van der Waals surface area contributed by atoms with Crippen molar-refractivity contribution in [3.63, 3.8) is 0 Å². The minimum absolute atomic E-state index is 0.0622. The highest BCUT2D eigenvalue weighted by Gasteiger charge is 2.47. The highest BCUT2D eigenvalue weighted by Crippen LogP contribution is 2.41. The Balaban J connectivity index is 1.87. The number of aryl methyl sites for hydroxylation is 1.